The zero-order valence-electron chi connectivity index (χ0n) is 14.9. The van der Waals surface area contributed by atoms with Gasteiger partial charge in [-0.25, -0.2) is 0 Å². The Balaban J connectivity index is 1.73. The molecule has 0 amide bonds. The molecule has 0 atom stereocenters. The molecule has 1 heterocycles. The molecule has 136 valence electrons. The molecular formula is C19H20N2O4S. The van der Waals surface area contributed by atoms with Crippen LogP contribution in [0.25, 0.3) is 11.5 Å². The maximum atomic E-state index is 5.77. The van der Waals surface area contributed by atoms with Crippen LogP contribution in [0.3, 0.4) is 0 Å². The number of ether oxygens (including phenoxy) is 3. The van der Waals surface area contributed by atoms with Crippen LogP contribution in [-0.4, -0.2) is 31.0 Å². The second-order valence-corrected chi connectivity index (χ2v) is 6.20. The third-order valence-electron chi connectivity index (χ3n) is 3.66. The number of nitrogens with zero attached hydrogens (tertiary/aromatic N) is 2. The molecule has 26 heavy (non-hydrogen) atoms. The third kappa shape index (κ3) is 4.11. The van der Waals surface area contributed by atoms with Crippen LogP contribution < -0.4 is 14.2 Å². The standard InChI is InChI=1S/C19H20N2O4S/c1-4-24-15-8-6-5-7-14(15)12-26-19-21-20-18(25-19)13-9-10-16(22-2)17(11-13)23-3/h5-11H,4,12H2,1-3H3. The Bertz CT molecular complexity index is 866. The fourth-order valence-corrected chi connectivity index (χ4v) is 3.17. The van der Waals surface area contributed by atoms with Crippen molar-refractivity contribution in [3.8, 4) is 28.7 Å². The van der Waals surface area contributed by atoms with Crippen molar-refractivity contribution in [3.63, 3.8) is 0 Å². The van der Waals surface area contributed by atoms with Gasteiger partial charge in [0.15, 0.2) is 11.5 Å². The van der Waals surface area contributed by atoms with Crippen LogP contribution in [0, 0.1) is 0 Å². The van der Waals surface area contributed by atoms with E-state index in [0.29, 0.717) is 35.0 Å². The molecule has 0 aliphatic heterocycles. The molecule has 0 unspecified atom stereocenters. The molecule has 1 aromatic heterocycles. The van der Waals surface area contributed by atoms with Crippen LogP contribution >= 0.6 is 11.8 Å². The van der Waals surface area contributed by atoms with Gasteiger partial charge in [-0.15, -0.1) is 10.2 Å². The molecule has 0 aliphatic rings. The van der Waals surface area contributed by atoms with Gasteiger partial charge in [-0.3, -0.25) is 0 Å². The molecule has 7 heteroatoms. The predicted molar refractivity (Wildman–Crippen MR) is 100 cm³/mol. The lowest BCUT2D eigenvalue weighted by molar-refractivity contribution is 0.337. The predicted octanol–water partition coefficient (Wildman–Crippen LogP) is 4.44. The quantitative estimate of drug-likeness (QED) is 0.541. The van der Waals surface area contributed by atoms with E-state index in [1.54, 1.807) is 14.2 Å². The lowest BCUT2D eigenvalue weighted by Crippen LogP contribution is -1.95. The van der Waals surface area contributed by atoms with Crippen molar-refractivity contribution < 1.29 is 18.6 Å². The Morgan fingerprint density at radius 3 is 2.54 bits per heavy atom. The average molecular weight is 372 g/mol. The summed E-state index contributed by atoms with van der Waals surface area (Å²) in [6.07, 6.45) is 0. The zero-order valence-corrected chi connectivity index (χ0v) is 15.7. The van der Waals surface area contributed by atoms with E-state index in [2.05, 4.69) is 10.2 Å². The first-order chi connectivity index (χ1) is 12.7. The molecule has 0 aliphatic carbocycles. The average Bonchev–Trinajstić information content (AvgIpc) is 3.16. The van der Waals surface area contributed by atoms with Crippen LogP contribution in [0.2, 0.25) is 0 Å². The monoisotopic (exact) mass is 372 g/mol. The first kappa shape index (κ1) is 18.1. The summed E-state index contributed by atoms with van der Waals surface area (Å²) >= 11 is 1.47. The normalized spacial score (nSPS) is 10.6. The number of thioether (sulfide) groups is 1. The third-order valence-corrected chi connectivity index (χ3v) is 4.53. The van der Waals surface area contributed by atoms with Crippen LogP contribution in [0.5, 0.6) is 17.2 Å². The van der Waals surface area contributed by atoms with Gasteiger partial charge in [0.05, 0.1) is 20.8 Å². The maximum Gasteiger partial charge on any atom is 0.277 e. The number of rotatable bonds is 8. The van der Waals surface area contributed by atoms with Crippen molar-refractivity contribution >= 4 is 11.8 Å². The number of hydrogen-bond acceptors (Lipinski definition) is 7. The topological polar surface area (TPSA) is 66.6 Å². The number of aromatic nitrogens is 2. The highest BCUT2D eigenvalue weighted by Crippen LogP contribution is 2.33. The van der Waals surface area contributed by atoms with Gasteiger partial charge in [-0.05, 0) is 31.2 Å². The van der Waals surface area contributed by atoms with Crippen LogP contribution in [-0.2, 0) is 5.75 Å². The van der Waals surface area contributed by atoms with Crippen LogP contribution in [0.15, 0.2) is 52.1 Å². The van der Waals surface area contributed by atoms with Gasteiger partial charge in [0.2, 0.25) is 5.89 Å². The van der Waals surface area contributed by atoms with Gasteiger partial charge in [0.25, 0.3) is 5.22 Å². The van der Waals surface area contributed by atoms with Gasteiger partial charge in [0, 0.05) is 16.9 Å². The molecule has 6 nitrogen and oxygen atoms in total. The van der Waals surface area contributed by atoms with Crippen molar-refractivity contribution in [2.75, 3.05) is 20.8 Å². The summed E-state index contributed by atoms with van der Waals surface area (Å²) in [6.45, 7) is 2.60. The van der Waals surface area contributed by atoms with Crippen molar-refractivity contribution in [3.05, 3.63) is 48.0 Å². The number of hydrogen-bond donors (Lipinski definition) is 0. The Labute approximate surface area is 156 Å². The van der Waals surface area contributed by atoms with E-state index in [0.717, 1.165) is 16.9 Å². The molecule has 0 spiro atoms. The van der Waals surface area contributed by atoms with E-state index in [1.165, 1.54) is 11.8 Å². The number of para-hydroxylation sites is 1. The minimum atomic E-state index is 0.437. The highest BCUT2D eigenvalue weighted by atomic mass is 32.2. The highest BCUT2D eigenvalue weighted by molar-refractivity contribution is 7.98. The summed E-state index contributed by atoms with van der Waals surface area (Å²) in [5.41, 5.74) is 1.86. The summed E-state index contributed by atoms with van der Waals surface area (Å²) in [5.74, 6) is 3.26. The first-order valence-electron chi connectivity index (χ1n) is 8.14. The summed E-state index contributed by atoms with van der Waals surface area (Å²) in [7, 11) is 3.19. The van der Waals surface area contributed by atoms with E-state index >= 15 is 0 Å². The lowest BCUT2D eigenvalue weighted by Gasteiger charge is -2.08. The van der Waals surface area contributed by atoms with Crippen LogP contribution in [0.1, 0.15) is 12.5 Å². The molecule has 0 saturated carbocycles. The fraction of sp³-hybridized carbons (Fsp3) is 0.263. The molecule has 0 saturated heterocycles. The molecular weight excluding hydrogens is 352 g/mol. The van der Waals surface area contributed by atoms with E-state index in [9.17, 15) is 0 Å². The van der Waals surface area contributed by atoms with Gasteiger partial charge >= 0.3 is 0 Å². The van der Waals surface area contributed by atoms with Crippen LogP contribution in [0.4, 0.5) is 0 Å². The molecule has 0 radical (unpaired) electrons. The minimum absolute atomic E-state index is 0.437. The van der Waals surface area contributed by atoms with Crippen molar-refractivity contribution in [1.29, 1.82) is 0 Å². The van der Waals surface area contributed by atoms with E-state index < -0.39 is 0 Å². The first-order valence-corrected chi connectivity index (χ1v) is 9.13. The highest BCUT2D eigenvalue weighted by Gasteiger charge is 2.13. The van der Waals surface area contributed by atoms with Crippen molar-refractivity contribution in [1.82, 2.24) is 10.2 Å². The molecule has 2 aromatic carbocycles. The Morgan fingerprint density at radius 1 is 0.962 bits per heavy atom. The van der Waals surface area contributed by atoms with E-state index in [4.69, 9.17) is 18.6 Å². The van der Waals surface area contributed by atoms with Crippen molar-refractivity contribution in [2.45, 2.75) is 17.9 Å². The SMILES string of the molecule is CCOc1ccccc1CSc1nnc(-c2ccc(OC)c(OC)c2)o1. The minimum Gasteiger partial charge on any atom is -0.494 e. The number of benzene rings is 2. The Hall–Kier alpha value is -2.67. The molecule has 0 N–H and O–H groups in total. The molecule has 3 aromatic rings. The maximum absolute atomic E-state index is 5.77. The number of methoxy groups -OCH3 is 2. The smallest absolute Gasteiger partial charge is 0.277 e. The van der Waals surface area contributed by atoms with Gasteiger partial charge in [-0.1, -0.05) is 30.0 Å². The fourth-order valence-electron chi connectivity index (χ4n) is 2.41. The second kappa shape index (κ2) is 8.62. The molecule has 0 fully saturated rings. The zero-order chi connectivity index (χ0) is 18.4. The van der Waals surface area contributed by atoms with Gasteiger partial charge in [0.1, 0.15) is 5.75 Å². The van der Waals surface area contributed by atoms with Crippen molar-refractivity contribution in [2.24, 2.45) is 0 Å². The van der Waals surface area contributed by atoms with E-state index in [-0.39, 0.29) is 0 Å². The molecule has 3 rings (SSSR count). The largest absolute Gasteiger partial charge is 0.494 e. The second-order valence-electron chi connectivity index (χ2n) is 5.27. The summed E-state index contributed by atoms with van der Waals surface area (Å²) in [5, 5.41) is 8.74. The van der Waals surface area contributed by atoms with E-state index in [1.807, 2.05) is 49.4 Å². The Morgan fingerprint density at radius 2 is 1.77 bits per heavy atom. The lowest BCUT2D eigenvalue weighted by atomic mass is 10.2. The summed E-state index contributed by atoms with van der Waals surface area (Å²) in [6, 6.07) is 13.4. The molecule has 0 bridgehead atoms. The van der Waals surface area contributed by atoms with Gasteiger partial charge < -0.3 is 18.6 Å². The Kier molecular flexibility index (Phi) is 6.01. The van der Waals surface area contributed by atoms with Gasteiger partial charge in [-0.2, -0.15) is 0 Å². The summed E-state index contributed by atoms with van der Waals surface area (Å²) < 4.78 is 22.0. The summed E-state index contributed by atoms with van der Waals surface area (Å²) in [4.78, 5) is 0.